The number of hydrogen-bond donors (Lipinski definition) is 0. The Labute approximate surface area is 86.2 Å². The fourth-order valence-electron chi connectivity index (χ4n) is 1.61. The van der Waals surface area contributed by atoms with E-state index in [4.69, 9.17) is 0 Å². The number of fused-ring (bicyclic) bond motifs is 1. The van der Waals surface area contributed by atoms with Crippen LogP contribution in [-0.4, -0.2) is 4.57 Å². The number of thiophene rings is 1. The standard InChI is InChI=1S/C12H9NS/c1-2-4-11(5-3-1)13-8-10-6-7-14-12(10)9-13/h1-9H. The van der Waals surface area contributed by atoms with Gasteiger partial charge in [0.2, 0.25) is 0 Å². The van der Waals surface area contributed by atoms with E-state index in [2.05, 4.69) is 52.7 Å². The highest BCUT2D eigenvalue weighted by Crippen LogP contribution is 2.23. The van der Waals surface area contributed by atoms with Crippen LogP contribution in [0.4, 0.5) is 0 Å². The molecule has 14 heavy (non-hydrogen) atoms. The molecule has 0 bridgehead atoms. The molecule has 3 aromatic rings. The van der Waals surface area contributed by atoms with Gasteiger partial charge in [0, 0.05) is 23.5 Å². The van der Waals surface area contributed by atoms with E-state index >= 15 is 0 Å². The van der Waals surface area contributed by atoms with Gasteiger partial charge in [0.25, 0.3) is 0 Å². The highest BCUT2D eigenvalue weighted by Gasteiger charge is 2.00. The average molecular weight is 199 g/mol. The van der Waals surface area contributed by atoms with Gasteiger partial charge in [-0.15, -0.1) is 11.3 Å². The first-order valence-electron chi connectivity index (χ1n) is 4.54. The lowest BCUT2D eigenvalue weighted by Gasteiger charge is -2.00. The van der Waals surface area contributed by atoms with Crippen molar-refractivity contribution in [1.82, 2.24) is 4.57 Å². The van der Waals surface area contributed by atoms with Gasteiger partial charge in [0.15, 0.2) is 0 Å². The SMILES string of the molecule is c1ccc(-n2cc3ccsc3c2)cc1. The molecule has 3 rings (SSSR count). The quantitative estimate of drug-likeness (QED) is 0.563. The van der Waals surface area contributed by atoms with Crippen LogP contribution in [0.5, 0.6) is 0 Å². The average Bonchev–Trinajstić information content (AvgIpc) is 2.78. The van der Waals surface area contributed by atoms with Crippen molar-refractivity contribution in [3.63, 3.8) is 0 Å². The molecule has 0 aliphatic heterocycles. The summed E-state index contributed by atoms with van der Waals surface area (Å²) >= 11 is 1.78. The van der Waals surface area contributed by atoms with E-state index in [9.17, 15) is 0 Å². The molecule has 0 saturated heterocycles. The third-order valence-electron chi connectivity index (χ3n) is 2.32. The maximum absolute atomic E-state index is 2.18. The fourth-order valence-corrected chi connectivity index (χ4v) is 2.40. The van der Waals surface area contributed by atoms with Crippen LogP contribution < -0.4 is 0 Å². The molecule has 2 aromatic heterocycles. The summed E-state index contributed by atoms with van der Waals surface area (Å²) in [5.41, 5.74) is 1.22. The second-order valence-electron chi connectivity index (χ2n) is 3.24. The summed E-state index contributed by atoms with van der Waals surface area (Å²) in [7, 11) is 0. The summed E-state index contributed by atoms with van der Waals surface area (Å²) in [6, 6.07) is 12.5. The van der Waals surface area contributed by atoms with Crippen LogP contribution in [0.2, 0.25) is 0 Å². The molecule has 1 nitrogen and oxygen atoms in total. The minimum absolute atomic E-state index is 1.22. The number of rotatable bonds is 1. The highest BCUT2D eigenvalue weighted by molar-refractivity contribution is 7.17. The van der Waals surface area contributed by atoms with Crippen molar-refractivity contribution < 1.29 is 0 Å². The third kappa shape index (κ3) is 1.16. The second kappa shape index (κ2) is 3.00. The molecule has 0 radical (unpaired) electrons. The van der Waals surface area contributed by atoms with Crippen molar-refractivity contribution in [2.45, 2.75) is 0 Å². The molecular weight excluding hydrogens is 190 g/mol. The van der Waals surface area contributed by atoms with Gasteiger partial charge in [0.1, 0.15) is 0 Å². The molecule has 0 spiro atoms. The molecule has 0 unspecified atom stereocenters. The second-order valence-corrected chi connectivity index (χ2v) is 4.19. The highest BCUT2D eigenvalue weighted by atomic mass is 32.1. The summed E-state index contributed by atoms with van der Waals surface area (Å²) < 4.78 is 3.51. The summed E-state index contributed by atoms with van der Waals surface area (Å²) in [4.78, 5) is 0. The van der Waals surface area contributed by atoms with Crippen LogP contribution in [0.15, 0.2) is 54.2 Å². The first-order valence-corrected chi connectivity index (χ1v) is 5.42. The van der Waals surface area contributed by atoms with Crippen LogP contribution in [0.25, 0.3) is 15.8 Å². The molecule has 0 amide bonds. The van der Waals surface area contributed by atoms with Crippen LogP contribution in [0.1, 0.15) is 0 Å². The van der Waals surface area contributed by atoms with Crippen LogP contribution in [-0.2, 0) is 0 Å². The van der Waals surface area contributed by atoms with Crippen molar-refractivity contribution in [2.24, 2.45) is 0 Å². The summed E-state index contributed by atoms with van der Waals surface area (Å²) in [6.45, 7) is 0. The Morgan fingerprint density at radius 1 is 0.929 bits per heavy atom. The summed E-state index contributed by atoms with van der Waals surface area (Å²) in [5.74, 6) is 0. The normalized spacial score (nSPS) is 10.9. The van der Waals surface area contributed by atoms with E-state index in [0.717, 1.165) is 0 Å². The minimum atomic E-state index is 1.22. The maximum Gasteiger partial charge on any atom is 0.0523 e. The molecule has 0 fully saturated rings. The van der Waals surface area contributed by atoms with Gasteiger partial charge in [0.05, 0.1) is 4.70 Å². The minimum Gasteiger partial charge on any atom is -0.322 e. The van der Waals surface area contributed by atoms with E-state index in [1.807, 2.05) is 6.07 Å². The fraction of sp³-hybridized carbons (Fsp3) is 0. The molecule has 1 aromatic carbocycles. The monoisotopic (exact) mass is 199 g/mol. The Morgan fingerprint density at radius 3 is 2.57 bits per heavy atom. The Hall–Kier alpha value is -1.54. The van der Waals surface area contributed by atoms with Gasteiger partial charge in [-0.3, -0.25) is 0 Å². The van der Waals surface area contributed by atoms with E-state index in [1.54, 1.807) is 11.3 Å². The van der Waals surface area contributed by atoms with Crippen LogP contribution in [0.3, 0.4) is 0 Å². The number of hydrogen-bond acceptors (Lipinski definition) is 1. The molecule has 0 N–H and O–H groups in total. The number of para-hydroxylation sites is 1. The maximum atomic E-state index is 2.18. The van der Waals surface area contributed by atoms with E-state index in [0.29, 0.717) is 0 Å². The predicted molar refractivity (Wildman–Crippen MR) is 61.2 cm³/mol. The van der Waals surface area contributed by atoms with Gasteiger partial charge in [-0.1, -0.05) is 18.2 Å². The lowest BCUT2D eigenvalue weighted by Crippen LogP contribution is -1.87. The zero-order chi connectivity index (χ0) is 9.38. The lowest BCUT2D eigenvalue weighted by molar-refractivity contribution is 1.09. The molecule has 0 aliphatic carbocycles. The van der Waals surface area contributed by atoms with Crippen LogP contribution >= 0.6 is 11.3 Å². The summed E-state index contributed by atoms with van der Waals surface area (Å²) in [6.07, 6.45) is 4.34. The van der Waals surface area contributed by atoms with Gasteiger partial charge in [-0.05, 0) is 23.6 Å². The Bertz CT molecular complexity index is 519. The topological polar surface area (TPSA) is 4.93 Å². The molecule has 0 atom stereocenters. The van der Waals surface area contributed by atoms with Crippen molar-refractivity contribution in [3.05, 3.63) is 54.2 Å². The number of aromatic nitrogens is 1. The van der Waals surface area contributed by atoms with Gasteiger partial charge < -0.3 is 4.57 Å². The zero-order valence-corrected chi connectivity index (χ0v) is 8.37. The molecule has 0 aliphatic rings. The third-order valence-corrected chi connectivity index (χ3v) is 3.18. The van der Waals surface area contributed by atoms with Crippen molar-refractivity contribution in [2.75, 3.05) is 0 Å². The largest absolute Gasteiger partial charge is 0.322 e. The van der Waals surface area contributed by atoms with Crippen molar-refractivity contribution in [1.29, 1.82) is 0 Å². The molecule has 0 saturated carbocycles. The van der Waals surface area contributed by atoms with E-state index in [1.165, 1.54) is 15.8 Å². The number of benzene rings is 1. The lowest BCUT2D eigenvalue weighted by atomic mass is 10.3. The molecule has 2 heteroatoms. The smallest absolute Gasteiger partial charge is 0.0523 e. The Kier molecular flexibility index (Phi) is 1.67. The Balaban J connectivity index is 2.19. The van der Waals surface area contributed by atoms with Gasteiger partial charge in [-0.2, -0.15) is 0 Å². The predicted octanol–water partition coefficient (Wildman–Crippen LogP) is 3.69. The molecule has 68 valence electrons. The van der Waals surface area contributed by atoms with E-state index in [-0.39, 0.29) is 0 Å². The Morgan fingerprint density at radius 2 is 1.79 bits per heavy atom. The zero-order valence-electron chi connectivity index (χ0n) is 7.55. The molecule has 2 heterocycles. The van der Waals surface area contributed by atoms with Gasteiger partial charge >= 0.3 is 0 Å². The van der Waals surface area contributed by atoms with Crippen LogP contribution in [0, 0.1) is 0 Å². The van der Waals surface area contributed by atoms with Crippen molar-refractivity contribution in [3.8, 4) is 5.69 Å². The van der Waals surface area contributed by atoms with E-state index < -0.39 is 0 Å². The number of nitrogens with zero attached hydrogens (tertiary/aromatic N) is 1. The summed E-state index contributed by atoms with van der Waals surface area (Å²) in [5, 5.41) is 3.44. The van der Waals surface area contributed by atoms with Gasteiger partial charge in [-0.25, -0.2) is 0 Å². The first-order chi connectivity index (χ1) is 6.93. The molecular formula is C12H9NS. The van der Waals surface area contributed by atoms with Crippen molar-refractivity contribution >= 4 is 21.4 Å². The first kappa shape index (κ1) is 7.83.